The summed E-state index contributed by atoms with van der Waals surface area (Å²) in [6.45, 7) is 1.73. The van der Waals surface area contributed by atoms with Gasteiger partial charge in [-0.05, 0) is 13.0 Å². The first-order valence-corrected chi connectivity index (χ1v) is 8.74. The van der Waals surface area contributed by atoms with Gasteiger partial charge in [0.2, 0.25) is 5.91 Å². The van der Waals surface area contributed by atoms with Crippen LogP contribution < -0.4 is 5.32 Å². The molecule has 0 fully saturated rings. The Morgan fingerprint density at radius 1 is 1.44 bits per heavy atom. The van der Waals surface area contributed by atoms with Gasteiger partial charge in [0.1, 0.15) is 6.04 Å². The fourth-order valence-corrected chi connectivity index (χ4v) is 4.26. The molecule has 0 aliphatic heterocycles. The van der Waals surface area contributed by atoms with E-state index in [9.17, 15) is 28.1 Å². The Balaban J connectivity index is 3.44. The fraction of sp³-hybridized carbons (Fsp3) is 0.385. The number of carbonyl (C=O) groups excluding carboxylic acids is 1. The quantitative estimate of drug-likeness (QED) is 0.491. The summed E-state index contributed by atoms with van der Waals surface area (Å²) in [5, 5.41) is 22.2. The minimum atomic E-state index is -4.62. The molecule has 0 aliphatic rings. The van der Waals surface area contributed by atoms with Gasteiger partial charge in [0.15, 0.2) is 4.90 Å². The molecule has 0 heterocycles. The van der Waals surface area contributed by atoms with Crippen LogP contribution in [0, 0.1) is 10.1 Å². The number of nitrogens with one attached hydrogen (secondary N) is 1. The number of rotatable bonds is 8. The lowest BCUT2D eigenvalue weighted by Crippen LogP contribution is -2.46. The third-order valence-corrected chi connectivity index (χ3v) is 5.69. The number of sulfonamides is 1. The van der Waals surface area contributed by atoms with Gasteiger partial charge >= 0.3 is 5.97 Å². The van der Waals surface area contributed by atoms with Crippen LogP contribution in [-0.4, -0.2) is 53.8 Å². The molecule has 0 spiro atoms. The lowest BCUT2D eigenvalue weighted by atomic mass is 10.3. The van der Waals surface area contributed by atoms with E-state index >= 15 is 0 Å². The van der Waals surface area contributed by atoms with E-state index in [1.807, 2.05) is 0 Å². The number of benzene rings is 1. The molecular weight excluding hydrogens is 378 g/mol. The van der Waals surface area contributed by atoms with Crippen molar-refractivity contribution in [1.82, 2.24) is 9.62 Å². The standard InChI is InChI=1S/C13H16ClN3O7S/c1-8(13(19)20)16(7-6-15-9(2)18)25(23,24)12-10(14)4-3-5-11(12)17(21)22/h3-5,8H,6-7H2,1-2H3,(H,15,18)(H,19,20). The summed E-state index contributed by atoms with van der Waals surface area (Å²) in [4.78, 5) is 31.6. The van der Waals surface area contributed by atoms with Gasteiger partial charge in [-0.3, -0.25) is 19.7 Å². The molecule has 1 rings (SSSR count). The number of halogens is 1. The van der Waals surface area contributed by atoms with Crippen LogP contribution in [0.4, 0.5) is 5.69 Å². The van der Waals surface area contributed by atoms with Crippen LogP contribution >= 0.6 is 11.6 Å². The normalized spacial score (nSPS) is 12.6. The Labute approximate surface area is 148 Å². The van der Waals surface area contributed by atoms with E-state index in [0.717, 1.165) is 19.1 Å². The topological polar surface area (TPSA) is 147 Å². The van der Waals surface area contributed by atoms with Crippen LogP contribution in [0.3, 0.4) is 0 Å². The Kier molecular flexibility index (Phi) is 6.85. The first-order chi connectivity index (χ1) is 11.5. The van der Waals surface area contributed by atoms with Crippen LogP contribution in [0.5, 0.6) is 0 Å². The summed E-state index contributed by atoms with van der Waals surface area (Å²) in [6, 6.07) is 1.78. The van der Waals surface area contributed by atoms with Gasteiger partial charge in [0, 0.05) is 26.1 Å². The number of carbonyl (C=O) groups is 2. The molecule has 138 valence electrons. The summed E-state index contributed by atoms with van der Waals surface area (Å²) in [7, 11) is -4.62. The number of nitrogens with zero attached hydrogens (tertiary/aromatic N) is 2. The average molecular weight is 394 g/mol. The molecule has 0 bridgehead atoms. The Morgan fingerprint density at radius 3 is 2.52 bits per heavy atom. The molecule has 0 aliphatic carbocycles. The maximum absolute atomic E-state index is 12.9. The highest BCUT2D eigenvalue weighted by atomic mass is 35.5. The number of nitro benzene ring substituents is 1. The Morgan fingerprint density at radius 2 is 2.04 bits per heavy atom. The van der Waals surface area contributed by atoms with E-state index < -0.39 is 55.0 Å². The van der Waals surface area contributed by atoms with Gasteiger partial charge in [0.25, 0.3) is 15.7 Å². The van der Waals surface area contributed by atoms with Crippen LogP contribution in [-0.2, 0) is 19.6 Å². The molecule has 0 saturated heterocycles. The predicted molar refractivity (Wildman–Crippen MR) is 87.8 cm³/mol. The number of carboxylic acids is 1. The highest BCUT2D eigenvalue weighted by Crippen LogP contribution is 2.33. The molecule has 1 aromatic rings. The molecular formula is C13H16ClN3O7S. The summed E-state index contributed by atoms with van der Waals surface area (Å²) in [6.07, 6.45) is 0. The maximum Gasteiger partial charge on any atom is 0.321 e. The number of hydrogen-bond acceptors (Lipinski definition) is 6. The van der Waals surface area contributed by atoms with Crippen molar-refractivity contribution in [3.05, 3.63) is 33.3 Å². The van der Waals surface area contributed by atoms with Crippen molar-refractivity contribution < 1.29 is 28.0 Å². The minimum absolute atomic E-state index is 0.176. The average Bonchev–Trinajstić information content (AvgIpc) is 2.49. The van der Waals surface area contributed by atoms with E-state index in [-0.39, 0.29) is 6.54 Å². The zero-order chi connectivity index (χ0) is 19.4. The third-order valence-electron chi connectivity index (χ3n) is 3.21. The second kappa shape index (κ2) is 8.23. The van der Waals surface area contributed by atoms with E-state index in [0.29, 0.717) is 4.31 Å². The minimum Gasteiger partial charge on any atom is -0.480 e. The van der Waals surface area contributed by atoms with Crippen molar-refractivity contribution >= 4 is 39.2 Å². The van der Waals surface area contributed by atoms with Crippen LogP contribution in [0.2, 0.25) is 5.02 Å². The Hall–Kier alpha value is -2.24. The Bertz CT molecular complexity index is 797. The molecule has 2 N–H and O–H groups in total. The zero-order valence-electron chi connectivity index (χ0n) is 13.3. The van der Waals surface area contributed by atoms with E-state index in [1.165, 1.54) is 13.0 Å². The number of aliphatic carboxylic acids is 1. The first-order valence-electron chi connectivity index (χ1n) is 6.92. The second-order valence-corrected chi connectivity index (χ2v) is 7.19. The molecule has 1 aromatic carbocycles. The van der Waals surface area contributed by atoms with Gasteiger partial charge in [0.05, 0.1) is 9.95 Å². The lowest BCUT2D eigenvalue weighted by molar-refractivity contribution is -0.387. The van der Waals surface area contributed by atoms with Gasteiger partial charge in [-0.2, -0.15) is 4.31 Å². The largest absolute Gasteiger partial charge is 0.480 e. The van der Waals surface area contributed by atoms with E-state index in [1.54, 1.807) is 0 Å². The highest BCUT2D eigenvalue weighted by molar-refractivity contribution is 7.89. The van der Waals surface area contributed by atoms with Gasteiger partial charge in [-0.1, -0.05) is 17.7 Å². The number of hydrogen-bond donors (Lipinski definition) is 2. The van der Waals surface area contributed by atoms with Crippen molar-refractivity contribution in [2.75, 3.05) is 13.1 Å². The summed E-state index contributed by atoms with van der Waals surface area (Å²) in [5.41, 5.74) is -0.769. The third kappa shape index (κ3) is 4.87. The number of amides is 1. The molecule has 10 nitrogen and oxygen atoms in total. The molecule has 1 amide bonds. The monoisotopic (exact) mass is 393 g/mol. The SMILES string of the molecule is CC(=O)NCCN(C(C)C(=O)O)S(=O)(=O)c1c(Cl)cccc1[N+](=O)[O-]. The molecule has 1 unspecified atom stereocenters. The van der Waals surface area contributed by atoms with E-state index in [2.05, 4.69) is 5.32 Å². The lowest BCUT2D eigenvalue weighted by Gasteiger charge is -2.26. The molecule has 0 aromatic heterocycles. The molecule has 0 saturated carbocycles. The fourth-order valence-electron chi connectivity index (χ4n) is 2.00. The van der Waals surface area contributed by atoms with Gasteiger partial charge in [-0.25, -0.2) is 8.42 Å². The van der Waals surface area contributed by atoms with Crippen molar-refractivity contribution in [2.24, 2.45) is 0 Å². The number of nitro groups is 1. The first kappa shape index (κ1) is 20.8. The van der Waals surface area contributed by atoms with Crippen molar-refractivity contribution in [3.63, 3.8) is 0 Å². The van der Waals surface area contributed by atoms with Crippen LogP contribution in [0.15, 0.2) is 23.1 Å². The van der Waals surface area contributed by atoms with Gasteiger partial charge < -0.3 is 10.4 Å². The van der Waals surface area contributed by atoms with Gasteiger partial charge in [-0.15, -0.1) is 0 Å². The number of carboxylic acid groups (broad SMARTS) is 1. The molecule has 0 radical (unpaired) electrons. The van der Waals surface area contributed by atoms with E-state index in [4.69, 9.17) is 16.7 Å². The summed E-state index contributed by atoms with van der Waals surface area (Å²) >= 11 is 5.84. The molecule has 1 atom stereocenters. The van der Waals surface area contributed by atoms with Crippen molar-refractivity contribution in [1.29, 1.82) is 0 Å². The summed E-state index contributed by atoms with van der Waals surface area (Å²) < 4.78 is 26.3. The highest BCUT2D eigenvalue weighted by Gasteiger charge is 2.38. The predicted octanol–water partition coefficient (Wildman–Crippen LogP) is 0.848. The van der Waals surface area contributed by atoms with Crippen LogP contribution in [0.1, 0.15) is 13.8 Å². The van der Waals surface area contributed by atoms with Crippen LogP contribution in [0.25, 0.3) is 0 Å². The van der Waals surface area contributed by atoms with Crippen molar-refractivity contribution in [2.45, 2.75) is 24.8 Å². The molecule has 12 heteroatoms. The maximum atomic E-state index is 12.9. The zero-order valence-corrected chi connectivity index (χ0v) is 14.9. The summed E-state index contributed by atoms with van der Waals surface area (Å²) in [5.74, 6) is -1.90. The second-order valence-electron chi connectivity index (χ2n) is 4.96. The van der Waals surface area contributed by atoms with Crippen molar-refractivity contribution in [3.8, 4) is 0 Å². The smallest absolute Gasteiger partial charge is 0.321 e. The molecule has 25 heavy (non-hydrogen) atoms.